The van der Waals surface area contributed by atoms with Crippen LogP contribution < -0.4 is 5.73 Å². The van der Waals surface area contributed by atoms with E-state index in [4.69, 9.17) is 11.0 Å². The Labute approximate surface area is 84.4 Å². The second kappa shape index (κ2) is 3.81. The topological polar surface area (TPSA) is 67.6 Å². The molecule has 2 unspecified atom stereocenters. The Kier molecular flexibility index (Phi) is 2.92. The van der Waals surface area contributed by atoms with E-state index in [0.717, 1.165) is 5.82 Å². The normalized spacial score (nSPS) is 17.1. The van der Waals surface area contributed by atoms with Crippen molar-refractivity contribution < 1.29 is 0 Å². The molecule has 4 heteroatoms. The van der Waals surface area contributed by atoms with Crippen LogP contribution in [-0.4, -0.2) is 15.1 Å². The third-order valence-electron chi connectivity index (χ3n) is 2.31. The molecule has 2 N–H and O–H groups in total. The Morgan fingerprint density at radius 3 is 2.86 bits per heavy atom. The van der Waals surface area contributed by atoms with Crippen LogP contribution in [0.25, 0.3) is 0 Å². The number of nitrogens with zero attached hydrogens (tertiary/aromatic N) is 3. The van der Waals surface area contributed by atoms with E-state index in [1.165, 1.54) is 0 Å². The van der Waals surface area contributed by atoms with Crippen LogP contribution in [0.15, 0.2) is 12.4 Å². The van der Waals surface area contributed by atoms with Gasteiger partial charge in [0.05, 0.1) is 6.07 Å². The highest BCUT2D eigenvalue weighted by atomic mass is 15.1. The minimum Gasteiger partial charge on any atom is -0.332 e. The average molecular weight is 192 g/mol. The fourth-order valence-electron chi connectivity index (χ4n) is 1.61. The number of nitrogens with two attached hydrogens (primary N) is 1. The van der Waals surface area contributed by atoms with Gasteiger partial charge in [-0.25, -0.2) is 4.98 Å². The van der Waals surface area contributed by atoms with Crippen molar-refractivity contribution in [3.63, 3.8) is 0 Å². The highest BCUT2D eigenvalue weighted by molar-refractivity contribution is 5.03. The van der Waals surface area contributed by atoms with E-state index in [1.54, 1.807) is 13.1 Å². The van der Waals surface area contributed by atoms with Gasteiger partial charge in [-0.3, -0.25) is 0 Å². The first-order chi connectivity index (χ1) is 6.46. The molecule has 2 atom stereocenters. The van der Waals surface area contributed by atoms with E-state index >= 15 is 0 Å². The van der Waals surface area contributed by atoms with Gasteiger partial charge in [0.25, 0.3) is 0 Å². The fourth-order valence-corrected chi connectivity index (χ4v) is 1.61. The Morgan fingerprint density at radius 1 is 1.79 bits per heavy atom. The Morgan fingerprint density at radius 2 is 2.43 bits per heavy atom. The average Bonchev–Trinajstić information content (AvgIpc) is 2.51. The summed E-state index contributed by atoms with van der Waals surface area (Å²) in [5.74, 6) is 0.950. The summed E-state index contributed by atoms with van der Waals surface area (Å²) in [5, 5.41) is 8.81. The number of aromatic nitrogens is 2. The molecule has 1 rings (SSSR count). The lowest BCUT2D eigenvalue weighted by Crippen LogP contribution is -2.36. The molecule has 0 fully saturated rings. The molecule has 1 heterocycles. The Balaban J connectivity index is 2.74. The van der Waals surface area contributed by atoms with E-state index in [-0.39, 0.29) is 6.04 Å². The molecule has 14 heavy (non-hydrogen) atoms. The highest BCUT2D eigenvalue weighted by Crippen LogP contribution is 2.19. The number of nitriles is 1. The second-order valence-corrected chi connectivity index (χ2v) is 3.96. The van der Waals surface area contributed by atoms with Gasteiger partial charge in [0.1, 0.15) is 11.4 Å². The van der Waals surface area contributed by atoms with Gasteiger partial charge >= 0.3 is 0 Å². The van der Waals surface area contributed by atoms with Crippen LogP contribution >= 0.6 is 0 Å². The molecule has 0 aromatic carbocycles. The number of aryl methyl sites for hydroxylation is 1. The van der Waals surface area contributed by atoms with Crippen LogP contribution in [0.2, 0.25) is 0 Å². The van der Waals surface area contributed by atoms with Crippen LogP contribution in [0, 0.1) is 18.3 Å². The van der Waals surface area contributed by atoms with E-state index in [9.17, 15) is 0 Å². The first kappa shape index (κ1) is 10.7. The zero-order chi connectivity index (χ0) is 10.8. The Bertz CT molecular complexity index is 345. The first-order valence-corrected chi connectivity index (χ1v) is 4.66. The largest absolute Gasteiger partial charge is 0.332 e. The third kappa shape index (κ3) is 2.33. The van der Waals surface area contributed by atoms with E-state index < -0.39 is 5.54 Å². The van der Waals surface area contributed by atoms with Crippen LogP contribution in [0.5, 0.6) is 0 Å². The maximum atomic E-state index is 8.81. The quantitative estimate of drug-likeness (QED) is 0.786. The molecule has 0 radical (unpaired) electrons. The minimum atomic E-state index is -0.768. The number of rotatable bonds is 3. The van der Waals surface area contributed by atoms with E-state index in [2.05, 4.69) is 11.1 Å². The molecule has 76 valence electrons. The van der Waals surface area contributed by atoms with Crippen molar-refractivity contribution in [2.45, 2.75) is 38.8 Å². The molecule has 0 aliphatic heterocycles. The van der Waals surface area contributed by atoms with Crippen molar-refractivity contribution in [3.05, 3.63) is 18.2 Å². The van der Waals surface area contributed by atoms with Gasteiger partial charge in [-0.2, -0.15) is 5.26 Å². The summed E-state index contributed by atoms with van der Waals surface area (Å²) in [7, 11) is 0. The van der Waals surface area contributed by atoms with Crippen LogP contribution in [-0.2, 0) is 0 Å². The van der Waals surface area contributed by atoms with Crippen molar-refractivity contribution in [2.24, 2.45) is 5.73 Å². The van der Waals surface area contributed by atoms with Gasteiger partial charge in [0.2, 0.25) is 0 Å². The maximum Gasteiger partial charge on any atom is 0.105 e. The smallest absolute Gasteiger partial charge is 0.105 e. The van der Waals surface area contributed by atoms with Gasteiger partial charge < -0.3 is 10.3 Å². The summed E-state index contributed by atoms with van der Waals surface area (Å²) in [6.07, 6.45) is 4.29. The lowest BCUT2D eigenvalue weighted by atomic mass is 9.96. The molecule has 0 bridgehead atoms. The minimum absolute atomic E-state index is 0.201. The lowest BCUT2D eigenvalue weighted by molar-refractivity contribution is 0.407. The first-order valence-electron chi connectivity index (χ1n) is 4.66. The summed E-state index contributed by atoms with van der Waals surface area (Å²) >= 11 is 0. The summed E-state index contributed by atoms with van der Waals surface area (Å²) in [4.78, 5) is 4.13. The second-order valence-electron chi connectivity index (χ2n) is 3.96. The molecule has 0 saturated heterocycles. The molecule has 0 aliphatic carbocycles. The Hall–Kier alpha value is -1.34. The lowest BCUT2D eigenvalue weighted by Gasteiger charge is -2.22. The van der Waals surface area contributed by atoms with Crippen LogP contribution in [0.3, 0.4) is 0 Å². The molecule has 0 saturated carbocycles. The molecule has 0 aliphatic rings. The molecular weight excluding hydrogens is 176 g/mol. The van der Waals surface area contributed by atoms with E-state index in [0.29, 0.717) is 6.42 Å². The van der Waals surface area contributed by atoms with Crippen molar-refractivity contribution in [3.8, 4) is 6.07 Å². The predicted octanol–water partition coefficient (Wildman–Crippen LogP) is 1.38. The predicted molar refractivity (Wildman–Crippen MR) is 54.5 cm³/mol. The van der Waals surface area contributed by atoms with Gasteiger partial charge in [-0.1, -0.05) is 0 Å². The maximum absolute atomic E-state index is 8.81. The van der Waals surface area contributed by atoms with Crippen LogP contribution in [0.4, 0.5) is 0 Å². The summed E-state index contributed by atoms with van der Waals surface area (Å²) in [5.41, 5.74) is 5.01. The molecule has 0 amide bonds. The number of imidazole rings is 1. The monoisotopic (exact) mass is 192 g/mol. The van der Waals surface area contributed by atoms with Crippen molar-refractivity contribution in [2.75, 3.05) is 0 Å². The van der Waals surface area contributed by atoms with Crippen LogP contribution in [0.1, 0.15) is 32.1 Å². The molecule has 1 aromatic rings. The zero-order valence-corrected chi connectivity index (χ0v) is 8.86. The van der Waals surface area contributed by atoms with Gasteiger partial charge in [-0.15, -0.1) is 0 Å². The van der Waals surface area contributed by atoms with E-state index in [1.807, 2.05) is 24.6 Å². The summed E-state index contributed by atoms with van der Waals surface area (Å²) in [6.45, 7) is 5.73. The van der Waals surface area contributed by atoms with Crippen molar-refractivity contribution in [1.82, 2.24) is 9.55 Å². The number of hydrogen-bond acceptors (Lipinski definition) is 3. The summed E-state index contributed by atoms with van der Waals surface area (Å²) in [6, 6.07) is 2.30. The standard InChI is InChI=1S/C10H16N4/c1-8(6-10(3,12)7-11)14-5-4-13-9(14)2/h4-5,8H,6,12H2,1-3H3. The fraction of sp³-hybridized carbons (Fsp3) is 0.600. The molecular formula is C10H16N4. The van der Waals surface area contributed by atoms with Crippen molar-refractivity contribution in [1.29, 1.82) is 5.26 Å². The molecule has 4 nitrogen and oxygen atoms in total. The zero-order valence-electron chi connectivity index (χ0n) is 8.86. The molecule has 0 spiro atoms. The number of hydrogen-bond donors (Lipinski definition) is 1. The van der Waals surface area contributed by atoms with Gasteiger partial charge in [-0.05, 0) is 27.2 Å². The summed E-state index contributed by atoms with van der Waals surface area (Å²) < 4.78 is 2.03. The molecule has 1 aromatic heterocycles. The van der Waals surface area contributed by atoms with Gasteiger partial charge in [0.15, 0.2) is 0 Å². The van der Waals surface area contributed by atoms with Gasteiger partial charge in [0, 0.05) is 18.4 Å². The third-order valence-corrected chi connectivity index (χ3v) is 2.31. The van der Waals surface area contributed by atoms with Crippen molar-refractivity contribution >= 4 is 0 Å². The SMILES string of the molecule is Cc1nccn1C(C)CC(C)(N)C#N. The highest BCUT2D eigenvalue weighted by Gasteiger charge is 2.22.